The van der Waals surface area contributed by atoms with Crippen LogP contribution < -0.4 is 4.90 Å². The number of halogens is 1. The minimum Gasteiger partial charge on any atom is -0.451 e. The van der Waals surface area contributed by atoms with E-state index in [4.69, 9.17) is 4.74 Å². The van der Waals surface area contributed by atoms with Crippen molar-refractivity contribution < 1.29 is 18.7 Å². The van der Waals surface area contributed by atoms with Gasteiger partial charge in [0.15, 0.2) is 12.3 Å². The molecule has 1 aliphatic rings. The standard InChI is InChI=1S/C21H21FN4O3/c1-15-6-7-26-13-18(23-19(26)12-15)21(28)29-14-20(27)25-10-8-24(9-11-25)17-4-2-16(22)3-5-17/h2-7,12-13H,8-11,14H2,1H3. The molecule has 3 heterocycles. The molecule has 0 aliphatic carbocycles. The number of carbonyl (C=O) groups excluding carboxylic acids is 2. The first-order valence-corrected chi connectivity index (χ1v) is 9.40. The summed E-state index contributed by atoms with van der Waals surface area (Å²) in [6.07, 6.45) is 3.41. The van der Waals surface area contributed by atoms with Crippen molar-refractivity contribution in [2.24, 2.45) is 0 Å². The molecule has 0 N–H and O–H groups in total. The zero-order chi connectivity index (χ0) is 20.4. The highest BCUT2D eigenvalue weighted by Gasteiger charge is 2.23. The quantitative estimate of drug-likeness (QED) is 0.633. The molecule has 1 amide bonds. The molecule has 1 fully saturated rings. The van der Waals surface area contributed by atoms with Crippen molar-refractivity contribution in [3.05, 3.63) is 65.9 Å². The fraction of sp³-hybridized carbons (Fsp3) is 0.286. The normalized spacial score (nSPS) is 14.3. The monoisotopic (exact) mass is 396 g/mol. The number of nitrogens with zero attached hydrogens (tertiary/aromatic N) is 4. The van der Waals surface area contributed by atoms with Crippen LogP contribution in [0.25, 0.3) is 5.65 Å². The van der Waals surface area contributed by atoms with Crippen LogP contribution in [0.4, 0.5) is 10.1 Å². The number of hydrogen-bond donors (Lipinski definition) is 0. The lowest BCUT2D eigenvalue weighted by molar-refractivity contribution is -0.134. The van der Waals surface area contributed by atoms with Gasteiger partial charge in [0, 0.05) is 44.3 Å². The second-order valence-electron chi connectivity index (χ2n) is 7.02. The summed E-state index contributed by atoms with van der Waals surface area (Å²) in [7, 11) is 0. The number of imidazole rings is 1. The molecule has 0 atom stereocenters. The highest BCUT2D eigenvalue weighted by molar-refractivity contribution is 5.90. The molecule has 1 aromatic carbocycles. The maximum absolute atomic E-state index is 13.1. The number of aromatic nitrogens is 2. The molecule has 3 aromatic rings. The van der Waals surface area contributed by atoms with E-state index in [2.05, 4.69) is 9.88 Å². The molecule has 1 saturated heterocycles. The molecular weight excluding hydrogens is 375 g/mol. The summed E-state index contributed by atoms with van der Waals surface area (Å²) in [5.41, 5.74) is 2.79. The second kappa shape index (κ2) is 7.90. The van der Waals surface area contributed by atoms with Crippen LogP contribution in [0.3, 0.4) is 0 Å². The fourth-order valence-electron chi connectivity index (χ4n) is 3.34. The molecule has 0 spiro atoms. The summed E-state index contributed by atoms with van der Waals surface area (Å²) >= 11 is 0. The minimum absolute atomic E-state index is 0.171. The van der Waals surface area contributed by atoms with E-state index >= 15 is 0 Å². The van der Waals surface area contributed by atoms with Gasteiger partial charge in [0.05, 0.1) is 0 Å². The number of amides is 1. The van der Waals surface area contributed by atoms with E-state index in [0.29, 0.717) is 31.8 Å². The lowest BCUT2D eigenvalue weighted by Crippen LogP contribution is -2.49. The first-order valence-electron chi connectivity index (χ1n) is 9.40. The van der Waals surface area contributed by atoms with Gasteiger partial charge in [-0.15, -0.1) is 0 Å². The van der Waals surface area contributed by atoms with Crippen molar-refractivity contribution >= 4 is 23.2 Å². The second-order valence-corrected chi connectivity index (χ2v) is 7.02. The summed E-state index contributed by atoms with van der Waals surface area (Å²) in [6.45, 7) is 3.93. The highest BCUT2D eigenvalue weighted by Crippen LogP contribution is 2.17. The zero-order valence-electron chi connectivity index (χ0n) is 16.0. The lowest BCUT2D eigenvalue weighted by Gasteiger charge is -2.36. The molecular formula is C21H21FN4O3. The average molecular weight is 396 g/mol. The molecule has 4 rings (SSSR count). The molecule has 0 unspecified atom stereocenters. The van der Waals surface area contributed by atoms with Crippen LogP contribution in [0.2, 0.25) is 0 Å². The van der Waals surface area contributed by atoms with Crippen LogP contribution in [0.5, 0.6) is 0 Å². The van der Waals surface area contributed by atoms with Crippen LogP contribution in [-0.2, 0) is 9.53 Å². The Bertz CT molecular complexity index is 1040. The third kappa shape index (κ3) is 4.21. The summed E-state index contributed by atoms with van der Waals surface area (Å²) in [6, 6.07) is 10.1. The number of hydrogen-bond acceptors (Lipinski definition) is 5. The third-order valence-electron chi connectivity index (χ3n) is 4.98. The molecule has 0 radical (unpaired) electrons. The number of piperazine rings is 1. The lowest BCUT2D eigenvalue weighted by atomic mass is 10.2. The SMILES string of the molecule is Cc1ccn2cc(C(=O)OCC(=O)N3CCN(c4ccc(F)cc4)CC3)nc2c1. The van der Waals surface area contributed by atoms with Crippen molar-refractivity contribution in [3.8, 4) is 0 Å². The topological polar surface area (TPSA) is 67.2 Å². The van der Waals surface area contributed by atoms with E-state index in [0.717, 1.165) is 11.3 Å². The first-order chi connectivity index (χ1) is 14.0. The Morgan fingerprint density at radius 2 is 1.83 bits per heavy atom. The van der Waals surface area contributed by atoms with E-state index in [1.165, 1.54) is 12.1 Å². The number of anilines is 1. The van der Waals surface area contributed by atoms with Gasteiger partial charge in [-0.1, -0.05) is 0 Å². The van der Waals surface area contributed by atoms with Gasteiger partial charge in [-0.2, -0.15) is 0 Å². The third-order valence-corrected chi connectivity index (χ3v) is 4.98. The Kier molecular flexibility index (Phi) is 5.16. The Labute approximate surface area is 167 Å². The van der Waals surface area contributed by atoms with Gasteiger partial charge in [0.25, 0.3) is 5.91 Å². The van der Waals surface area contributed by atoms with Gasteiger partial charge in [0.1, 0.15) is 11.5 Å². The molecule has 150 valence electrons. The van der Waals surface area contributed by atoms with Crippen molar-refractivity contribution in [1.82, 2.24) is 14.3 Å². The van der Waals surface area contributed by atoms with E-state index in [9.17, 15) is 14.0 Å². The summed E-state index contributed by atoms with van der Waals surface area (Å²) in [5, 5.41) is 0. The smallest absolute Gasteiger partial charge is 0.359 e. The number of ether oxygens (including phenoxy) is 1. The summed E-state index contributed by atoms with van der Waals surface area (Å²) in [4.78, 5) is 32.6. The maximum atomic E-state index is 13.1. The number of fused-ring (bicyclic) bond motifs is 1. The van der Waals surface area contributed by atoms with Crippen molar-refractivity contribution in [3.63, 3.8) is 0 Å². The Morgan fingerprint density at radius 3 is 2.55 bits per heavy atom. The van der Waals surface area contributed by atoms with Crippen molar-refractivity contribution in [2.45, 2.75) is 6.92 Å². The van der Waals surface area contributed by atoms with Gasteiger partial charge >= 0.3 is 5.97 Å². The largest absolute Gasteiger partial charge is 0.451 e. The number of rotatable bonds is 4. The van der Waals surface area contributed by atoms with Crippen molar-refractivity contribution in [2.75, 3.05) is 37.7 Å². The van der Waals surface area contributed by atoms with Crippen LogP contribution >= 0.6 is 0 Å². The van der Waals surface area contributed by atoms with Crippen molar-refractivity contribution in [1.29, 1.82) is 0 Å². The van der Waals surface area contributed by atoms with Crippen LogP contribution in [0.1, 0.15) is 16.1 Å². The molecule has 0 bridgehead atoms. The predicted molar refractivity (Wildman–Crippen MR) is 105 cm³/mol. The van der Waals surface area contributed by atoms with Gasteiger partial charge in [-0.3, -0.25) is 4.79 Å². The average Bonchev–Trinajstić information content (AvgIpc) is 3.16. The number of pyridine rings is 1. The van der Waals surface area contributed by atoms with Gasteiger partial charge in [-0.05, 0) is 48.9 Å². The first kappa shape index (κ1) is 18.9. The van der Waals surface area contributed by atoms with E-state index < -0.39 is 5.97 Å². The molecule has 0 saturated carbocycles. The predicted octanol–water partition coefficient (Wildman–Crippen LogP) is 2.29. The Hall–Kier alpha value is -3.42. The molecule has 29 heavy (non-hydrogen) atoms. The van der Waals surface area contributed by atoms with Crippen LogP contribution in [0, 0.1) is 12.7 Å². The summed E-state index contributed by atoms with van der Waals surface area (Å²) < 4.78 is 20.0. The number of aryl methyl sites for hydroxylation is 1. The van der Waals surface area contributed by atoms with Gasteiger partial charge in [0.2, 0.25) is 0 Å². The molecule has 2 aromatic heterocycles. The maximum Gasteiger partial charge on any atom is 0.359 e. The van der Waals surface area contributed by atoms with Crippen LogP contribution in [-0.4, -0.2) is 58.9 Å². The zero-order valence-corrected chi connectivity index (χ0v) is 16.0. The van der Waals surface area contributed by atoms with Crippen LogP contribution in [0.15, 0.2) is 48.8 Å². The Balaban J connectivity index is 1.29. The Morgan fingerprint density at radius 1 is 1.10 bits per heavy atom. The molecule has 8 heteroatoms. The van der Waals surface area contributed by atoms with E-state index in [1.807, 2.05) is 25.3 Å². The fourth-order valence-corrected chi connectivity index (χ4v) is 3.34. The highest BCUT2D eigenvalue weighted by atomic mass is 19.1. The number of carbonyl (C=O) groups is 2. The van der Waals surface area contributed by atoms with Gasteiger partial charge in [-0.25, -0.2) is 14.2 Å². The molecule has 1 aliphatic heterocycles. The minimum atomic E-state index is -0.621. The number of benzene rings is 1. The summed E-state index contributed by atoms with van der Waals surface area (Å²) in [5.74, 6) is -1.13. The van der Waals surface area contributed by atoms with Gasteiger partial charge < -0.3 is 18.9 Å². The van der Waals surface area contributed by atoms with E-state index in [1.54, 1.807) is 27.6 Å². The number of esters is 1. The molecule has 7 nitrogen and oxygen atoms in total. The van der Waals surface area contributed by atoms with E-state index in [-0.39, 0.29) is 24.0 Å².